The second-order valence-corrected chi connectivity index (χ2v) is 10.4. The van der Waals surface area contributed by atoms with E-state index in [0.717, 1.165) is 17.8 Å². The van der Waals surface area contributed by atoms with Crippen molar-refractivity contribution < 1.29 is 13.2 Å². The van der Waals surface area contributed by atoms with Gasteiger partial charge in [0, 0.05) is 41.8 Å². The van der Waals surface area contributed by atoms with Crippen molar-refractivity contribution in [1.82, 2.24) is 10.0 Å². The Bertz CT molecular complexity index is 1140. The van der Waals surface area contributed by atoms with E-state index in [4.69, 9.17) is 0 Å². The number of amides is 1. The third-order valence-corrected chi connectivity index (χ3v) is 7.72. The largest absolute Gasteiger partial charge is 0.367 e. The molecule has 1 amide bonds. The minimum Gasteiger partial charge on any atom is -0.367 e. The van der Waals surface area contributed by atoms with E-state index in [1.807, 2.05) is 23.6 Å². The van der Waals surface area contributed by atoms with Crippen LogP contribution in [-0.2, 0) is 23.0 Å². The van der Waals surface area contributed by atoms with Crippen LogP contribution >= 0.6 is 11.3 Å². The summed E-state index contributed by atoms with van der Waals surface area (Å²) in [7, 11) is -3.62. The normalized spacial score (nSPS) is 15.6. The third-order valence-electron chi connectivity index (χ3n) is 5.43. The lowest BCUT2D eigenvalue weighted by atomic mass is 10.1. The van der Waals surface area contributed by atoms with E-state index in [-0.39, 0.29) is 17.3 Å². The Morgan fingerprint density at radius 3 is 2.61 bits per heavy atom. The van der Waals surface area contributed by atoms with Crippen LogP contribution in [0.15, 0.2) is 70.9 Å². The maximum absolute atomic E-state index is 12.5. The van der Waals surface area contributed by atoms with Gasteiger partial charge in [0.15, 0.2) is 0 Å². The molecule has 0 fully saturated rings. The molecule has 1 aliphatic heterocycles. The zero-order chi connectivity index (χ0) is 21.8. The van der Waals surface area contributed by atoms with Crippen molar-refractivity contribution in [3.63, 3.8) is 0 Å². The van der Waals surface area contributed by atoms with Crippen LogP contribution in [0.2, 0.25) is 0 Å². The molecule has 1 aromatic heterocycles. The Balaban J connectivity index is 1.31. The zero-order valence-corrected chi connectivity index (χ0v) is 18.9. The molecule has 0 radical (unpaired) electrons. The summed E-state index contributed by atoms with van der Waals surface area (Å²) in [5, 5.41) is 4.84. The van der Waals surface area contributed by atoms with Crippen LogP contribution in [0.3, 0.4) is 0 Å². The average Bonchev–Trinajstić information content (AvgIpc) is 3.40. The van der Waals surface area contributed by atoms with Crippen molar-refractivity contribution in [2.24, 2.45) is 0 Å². The lowest BCUT2D eigenvalue weighted by Crippen LogP contribution is -2.37. The minimum atomic E-state index is -3.62. The molecule has 4 rings (SSSR count). The molecule has 3 aromatic rings. The van der Waals surface area contributed by atoms with Crippen molar-refractivity contribution >= 4 is 33.0 Å². The number of hydrogen-bond acceptors (Lipinski definition) is 5. The van der Waals surface area contributed by atoms with E-state index in [2.05, 4.69) is 40.1 Å². The summed E-state index contributed by atoms with van der Waals surface area (Å²) in [6.07, 6.45) is 1.01. The van der Waals surface area contributed by atoms with Gasteiger partial charge in [0.05, 0.1) is 4.90 Å². The van der Waals surface area contributed by atoms with Crippen LogP contribution in [0.1, 0.15) is 27.7 Å². The predicted molar refractivity (Wildman–Crippen MR) is 124 cm³/mol. The molecule has 162 valence electrons. The fourth-order valence-electron chi connectivity index (χ4n) is 3.81. The SMILES string of the molecule is CC1Cc2ccccc2N1CCNC(=O)c1ccc(S(=O)(=O)NCc2cccs2)cc1. The van der Waals surface area contributed by atoms with Crippen LogP contribution in [0, 0.1) is 0 Å². The minimum absolute atomic E-state index is 0.142. The van der Waals surface area contributed by atoms with Gasteiger partial charge in [0.25, 0.3) is 5.91 Å². The molecular weight excluding hydrogens is 430 g/mol. The lowest BCUT2D eigenvalue weighted by molar-refractivity contribution is 0.0954. The van der Waals surface area contributed by atoms with Crippen molar-refractivity contribution in [1.29, 1.82) is 0 Å². The Morgan fingerprint density at radius 1 is 1.10 bits per heavy atom. The van der Waals surface area contributed by atoms with E-state index in [1.54, 1.807) is 12.1 Å². The van der Waals surface area contributed by atoms with Gasteiger partial charge in [0.1, 0.15) is 0 Å². The summed E-state index contributed by atoms with van der Waals surface area (Å²) in [6, 6.07) is 18.5. The zero-order valence-electron chi connectivity index (χ0n) is 17.2. The number of sulfonamides is 1. The van der Waals surface area contributed by atoms with Crippen molar-refractivity contribution in [2.75, 3.05) is 18.0 Å². The second-order valence-electron chi connectivity index (χ2n) is 7.56. The van der Waals surface area contributed by atoms with Crippen molar-refractivity contribution in [2.45, 2.75) is 30.8 Å². The molecule has 1 unspecified atom stereocenters. The average molecular weight is 456 g/mol. The van der Waals surface area contributed by atoms with E-state index < -0.39 is 10.0 Å². The number of fused-ring (bicyclic) bond motifs is 1. The Morgan fingerprint density at radius 2 is 1.87 bits per heavy atom. The molecule has 6 nitrogen and oxygen atoms in total. The molecule has 2 heterocycles. The van der Waals surface area contributed by atoms with E-state index in [0.29, 0.717) is 18.2 Å². The van der Waals surface area contributed by atoms with E-state index in [9.17, 15) is 13.2 Å². The number of hydrogen-bond donors (Lipinski definition) is 2. The summed E-state index contributed by atoms with van der Waals surface area (Å²) in [5.41, 5.74) is 3.01. The topological polar surface area (TPSA) is 78.5 Å². The van der Waals surface area contributed by atoms with Gasteiger partial charge in [-0.2, -0.15) is 0 Å². The first-order chi connectivity index (χ1) is 14.9. The lowest BCUT2D eigenvalue weighted by Gasteiger charge is -2.25. The molecule has 1 atom stereocenters. The van der Waals surface area contributed by atoms with Crippen LogP contribution in [0.5, 0.6) is 0 Å². The van der Waals surface area contributed by atoms with Crippen molar-refractivity contribution in [3.8, 4) is 0 Å². The fourth-order valence-corrected chi connectivity index (χ4v) is 5.55. The Hall–Kier alpha value is -2.68. The third kappa shape index (κ3) is 4.98. The highest BCUT2D eigenvalue weighted by atomic mass is 32.2. The van der Waals surface area contributed by atoms with Crippen molar-refractivity contribution in [3.05, 3.63) is 82.0 Å². The number of nitrogens with zero attached hydrogens (tertiary/aromatic N) is 1. The first-order valence-electron chi connectivity index (χ1n) is 10.2. The quantitative estimate of drug-likeness (QED) is 0.546. The number of anilines is 1. The maximum atomic E-state index is 12.5. The van der Waals surface area contributed by atoms with Crippen LogP contribution in [0.25, 0.3) is 0 Å². The van der Waals surface area contributed by atoms with Gasteiger partial charge in [-0.05, 0) is 60.7 Å². The van der Waals surface area contributed by atoms with Gasteiger partial charge >= 0.3 is 0 Å². The van der Waals surface area contributed by atoms with Gasteiger partial charge < -0.3 is 10.2 Å². The van der Waals surface area contributed by atoms with Crippen LogP contribution < -0.4 is 14.9 Å². The van der Waals surface area contributed by atoms with E-state index in [1.165, 1.54) is 34.7 Å². The molecule has 0 bridgehead atoms. The first kappa shape index (κ1) is 21.5. The van der Waals surface area contributed by atoms with E-state index >= 15 is 0 Å². The van der Waals surface area contributed by atoms with Gasteiger partial charge in [-0.1, -0.05) is 24.3 Å². The van der Waals surface area contributed by atoms with Crippen LogP contribution in [0.4, 0.5) is 5.69 Å². The maximum Gasteiger partial charge on any atom is 0.251 e. The molecule has 2 aromatic carbocycles. The number of nitrogens with one attached hydrogen (secondary N) is 2. The highest BCUT2D eigenvalue weighted by Crippen LogP contribution is 2.31. The van der Waals surface area contributed by atoms with Crippen LogP contribution in [-0.4, -0.2) is 33.5 Å². The molecular formula is C23H25N3O3S2. The summed E-state index contributed by atoms with van der Waals surface area (Å²) >= 11 is 1.49. The fraction of sp³-hybridized carbons (Fsp3) is 0.261. The van der Waals surface area contributed by atoms with Gasteiger partial charge in [0.2, 0.25) is 10.0 Å². The first-order valence-corrected chi connectivity index (χ1v) is 12.6. The highest BCUT2D eigenvalue weighted by molar-refractivity contribution is 7.89. The number of carbonyl (C=O) groups excluding carboxylic acids is 1. The Kier molecular flexibility index (Phi) is 6.41. The number of thiophene rings is 1. The molecule has 0 aliphatic carbocycles. The molecule has 2 N–H and O–H groups in total. The molecule has 0 saturated carbocycles. The number of carbonyl (C=O) groups is 1. The summed E-state index contributed by atoms with van der Waals surface area (Å²) in [6.45, 7) is 3.68. The van der Waals surface area contributed by atoms with Gasteiger partial charge in [-0.15, -0.1) is 11.3 Å². The summed E-state index contributed by atoms with van der Waals surface area (Å²) < 4.78 is 27.5. The number of benzene rings is 2. The molecule has 8 heteroatoms. The standard InChI is InChI=1S/C23H25N3O3S2/c1-17-15-19-5-2-3-7-22(19)26(17)13-12-24-23(27)18-8-10-21(11-9-18)31(28,29)25-16-20-6-4-14-30-20/h2-11,14,17,25H,12-13,15-16H2,1H3,(H,24,27). The monoisotopic (exact) mass is 455 g/mol. The molecule has 0 saturated heterocycles. The van der Waals surface area contributed by atoms with Gasteiger partial charge in [-0.3, -0.25) is 4.79 Å². The number of para-hydroxylation sites is 1. The number of rotatable bonds is 8. The molecule has 0 spiro atoms. The highest BCUT2D eigenvalue weighted by Gasteiger charge is 2.25. The second kappa shape index (κ2) is 9.21. The smallest absolute Gasteiger partial charge is 0.251 e. The van der Waals surface area contributed by atoms with Gasteiger partial charge in [-0.25, -0.2) is 13.1 Å². The molecule has 31 heavy (non-hydrogen) atoms. The Labute approximate surface area is 187 Å². The predicted octanol–water partition coefficient (Wildman–Crippen LogP) is 3.41. The summed E-state index contributed by atoms with van der Waals surface area (Å²) in [4.78, 5) is 15.9. The summed E-state index contributed by atoms with van der Waals surface area (Å²) in [5.74, 6) is -0.212. The molecule has 1 aliphatic rings.